The maximum absolute atomic E-state index is 12.9. The number of carbonyl (C=O) groups excluding carboxylic acids is 1. The second kappa shape index (κ2) is 9.26. The highest BCUT2D eigenvalue weighted by molar-refractivity contribution is 5.89. The van der Waals surface area contributed by atoms with Crippen molar-refractivity contribution >= 4 is 17.1 Å². The maximum atomic E-state index is 12.9. The van der Waals surface area contributed by atoms with Crippen molar-refractivity contribution in [2.45, 2.75) is 45.3 Å². The van der Waals surface area contributed by atoms with Gasteiger partial charge in [-0.1, -0.05) is 62.4 Å². The summed E-state index contributed by atoms with van der Waals surface area (Å²) in [6, 6.07) is 17.8. The molecule has 1 aliphatic rings. The summed E-state index contributed by atoms with van der Waals surface area (Å²) >= 11 is 0. The van der Waals surface area contributed by atoms with E-state index >= 15 is 0 Å². The van der Waals surface area contributed by atoms with Gasteiger partial charge in [0, 0.05) is 11.6 Å². The molecule has 0 saturated heterocycles. The number of ether oxygens (including phenoxy) is 1. The van der Waals surface area contributed by atoms with Gasteiger partial charge in [-0.2, -0.15) is 0 Å². The Balaban J connectivity index is 1.58. The number of allylic oxidation sites excluding steroid dienone is 1. The molecule has 3 aromatic rings. The van der Waals surface area contributed by atoms with Gasteiger partial charge in [0.15, 0.2) is 5.58 Å². The first-order valence-electron chi connectivity index (χ1n) is 10.7. The lowest BCUT2D eigenvalue weighted by Gasteiger charge is -2.34. The smallest absolute Gasteiger partial charge is 0.334 e. The van der Waals surface area contributed by atoms with Gasteiger partial charge in [-0.15, -0.1) is 0 Å². The number of fused-ring (bicyclic) bond motifs is 1. The highest BCUT2D eigenvalue weighted by Gasteiger charge is 2.32. The van der Waals surface area contributed by atoms with Gasteiger partial charge in [0.25, 0.3) is 0 Å². The molecular formula is C25H28N2O3. The van der Waals surface area contributed by atoms with E-state index in [4.69, 9.17) is 9.15 Å². The number of hydrogen-bond acceptors (Lipinski definition) is 5. The highest BCUT2D eigenvalue weighted by Crippen LogP contribution is 2.35. The number of hydrogen-bond donors (Lipinski definition) is 0. The number of oxazole rings is 1. The molecule has 5 heteroatoms. The van der Waals surface area contributed by atoms with Crippen molar-refractivity contribution in [2.75, 3.05) is 13.1 Å². The summed E-state index contributed by atoms with van der Waals surface area (Å²) in [7, 11) is 0. The predicted octanol–water partition coefficient (Wildman–Crippen LogP) is 5.09. The van der Waals surface area contributed by atoms with Gasteiger partial charge in [-0.25, -0.2) is 9.78 Å². The second-order valence-electron chi connectivity index (χ2n) is 7.69. The summed E-state index contributed by atoms with van der Waals surface area (Å²) in [5.41, 5.74) is 3.32. The highest BCUT2D eigenvalue weighted by atomic mass is 16.5. The van der Waals surface area contributed by atoms with Crippen LogP contribution in [0.4, 0.5) is 0 Å². The van der Waals surface area contributed by atoms with Crippen molar-refractivity contribution in [3.05, 3.63) is 77.7 Å². The Morgan fingerprint density at radius 3 is 2.57 bits per heavy atom. The van der Waals surface area contributed by atoms with Crippen molar-refractivity contribution in [1.29, 1.82) is 0 Å². The summed E-state index contributed by atoms with van der Waals surface area (Å²) in [5, 5.41) is 0. The van der Waals surface area contributed by atoms with Gasteiger partial charge in [-0.05, 0) is 43.6 Å². The Bertz CT molecular complexity index is 988. The van der Waals surface area contributed by atoms with Gasteiger partial charge >= 0.3 is 5.97 Å². The zero-order valence-corrected chi connectivity index (χ0v) is 17.6. The van der Waals surface area contributed by atoms with Crippen LogP contribution in [0.2, 0.25) is 0 Å². The third-order valence-electron chi connectivity index (χ3n) is 5.82. The van der Waals surface area contributed by atoms with E-state index in [2.05, 4.69) is 23.7 Å². The first-order valence-corrected chi connectivity index (χ1v) is 10.7. The van der Waals surface area contributed by atoms with Crippen LogP contribution in [0.15, 0.2) is 70.7 Å². The Morgan fingerprint density at radius 2 is 1.83 bits per heavy atom. The molecule has 1 heterocycles. The monoisotopic (exact) mass is 404 g/mol. The summed E-state index contributed by atoms with van der Waals surface area (Å²) in [6.45, 7) is 6.47. The molecule has 4 rings (SSSR count). The molecule has 0 spiro atoms. The average Bonchev–Trinajstić information content (AvgIpc) is 3.23. The molecule has 0 fully saturated rings. The summed E-state index contributed by atoms with van der Waals surface area (Å²) in [5.74, 6) is 0.370. The normalized spacial score (nSPS) is 19.1. The van der Waals surface area contributed by atoms with Crippen LogP contribution in [-0.4, -0.2) is 35.0 Å². The number of esters is 1. The van der Waals surface area contributed by atoms with E-state index in [1.165, 1.54) is 0 Å². The fraction of sp³-hybridized carbons (Fsp3) is 0.360. The summed E-state index contributed by atoms with van der Waals surface area (Å²) in [6.07, 6.45) is 3.56. The van der Waals surface area contributed by atoms with E-state index in [-0.39, 0.29) is 24.5 Å². The molecule has 0 amide bonds. The standard InChI is InChI=1S/C25H28N2O3/c1-3-27(4-2)21-15-19(24-26-22-12-8-9-13-23(22)30-24)14-20(16-21)25(28)29-17-18-10-6-5-7-11-18/h5-14,19,21H,3-4,15-17H2,1-2H3/t19-,21-/m0/s1. The minimum absolute atomic E-state index is 0.0453. The largest absolute Gasteiger partial charge is 0.457 e. The minimum atomic E-state index is -0.253. The molecule has 0 unspecified atom stereocenters. The lowest BCUT2D eigenvalue weighted by molar-refractivity contribution is -0.140. The third kappa shape index (κ3) is 4.46. The fourth-order valence-electron chi connectivity index (χ4n) is 4.22. The molecule has 1 aliphatic carbocycles. The summed E-state index contributed by atoms with van der Waals surface area (Å²) in [4.78, 5) is 20.0. The topological polar surface area (TPSA) is 55.6 Å². The number of nitrogens with zero attached hydrogens (tertiary/aromatic N) is 2. The van der Waals surface area contributed by atoms with Crippen LogP contribution in [0.3, 0.4) is 0 Å². The zero-order valence-electron chi connectivity index (χ0n) is 17.6. The van der Waals surface area contributed by atoms with Crippen LogP contribution in [0.5, 0.6) is 0 Å². The van der Waals surface area contributed by atoms with E-state index in [9.17, 15) is 4.79 Å². The van der Waals surface area contributed by atoms with Crippen molar-refractivity contribution in [3.63, 3.8) is 0 Å². The molecule has 5 nitrogen and oxygen atoms in total. The number of aromatic nitrogens is 1. The van der Waals surface area contributed by atoms with E-state index in [0.717, 1.165) is 36.2 Å². The summed E-state index contributed by atoms with van der Waals surface area (Å²) < 4.78 is 11.7. The molecule has 156 valence electrons. The molecule has 0 saturated carbocycles. The van der Waals surface area contributed by atoms with Crippen LogP contribution in [0.1, 0.15) is 44.1 Å². The lowest BCUT2D eigenvalue weighted by atomic mass is 9.85. The van der Waals surface area contributed by atoms with Crippen molar-refractivity contribution in [3.8, 4) is 0 Å². The molecule has 0 N–H and O–H groups in total. The molecule has 0 radical (unpaired) electrons. The lowest BCUT2D eigenvalue weighted by Crippen LogP contribution is -2.39. The van der Waals surface area contributed by atoms with Gasteiger partial charge in [0.05, 0.1) is 5.92 Å². The third-order valence-corrected chi connectivity index (χ3v) is 5.82. The Hall–Kier alpha value is -2.92. The fourth-order valence-corrected chi connectivity index (χ4v) is 4.22. The first kappa shape index (κ1) is 20.4. The van der Waals surface area contributed by atoms with E-state index < -0.39 is 0 Å². The van der Waals surface area contributed by atoms with Crippen LogP contribution < -0.4 is 0 Å². The van der Waals surface area contributed by atoms with Gasteiger partial charge < -0.3 is 14.1 Å². The molecule has 2 aromatic carbocycles. The maximum Gasteiger partial charge on any atom is 0.334 e. The zero-order chi connectivity index (χ0) is 20.9. The average molecular weight is 405 g/mol. The Labute approximate surface area is 177 Å². The van der Waals surface area contributed by atoms with Crippen molar-refractivity contribution in [1.82, 2.24) is 9.88 Å². The van der Waals surface area contributed by atoms with Crippen LogP contribution in [0, 0.1) is 0 Å². The Kier molecular flexibility index (Phi) is 6.29. The number of benzene rings is 2. The minimum Gasteiger partial charge on any atom is -0.457 e. The molecular weight excluding hydrogens is 376 g/mol. The van der Waals surface area contributed by atoms with Gasteiger partial charge in [-0.3, -0.25) is 0 Å². The van der Waals surface area contributed by atoms with Crippen LogP contribution in [0.25, 0.3) is 11.1 Å². The van der Waals surface area contributed by atoms with E-state index in [0.29, 0.717) is 17.9 Å². The van der Waals surface area contributed by atoms with Crippen LogP contribution >= 0.6 is 0 Å². The van der Waals surface area contributed by atoms with E-state index in [1.807, 2.05) is 60.7 Å². The number of rotatable bonds is 7. The quantitative estimate of drug-likeness (QED) is 0.514. The van der Waals surface area contributed by atoms with E-state index in [1.54, 1.807) is 0 Å². The number of carbonyl (C=O) groups is 1. The van der Waals surface area contributed by atoms with Crippen LogP contribution in [-0.2, 0) is 16.1 Å². The second-order valence-corrected chi connectivity index (χ2v) is 7.69. The molecule has 30 heavy (non-hydrogen) atoms. The van der Waals surface area contributed by atoms with Crippen molar-refractivity contribution in [2.24, 2.45) is 0 Å². The first-order chi connectivity index (χ1) is 14.7. The van der Waals surface area contributed by atoms with Gasteiger partial charge in [0.2, 0.25) is 5.89 Å². The molecule has 0 aliphatic heterocycles. The number of para-hydroxylation sites is 2. The molecule has 1 aromatic heterocycles. The van der Waals surface area contributed by atoms with Crippen molar-refractivity contribution < 1.29 is 13.9 Å². The van der Waals surface area contributed by atoms with Gasteiger partial charge in [0.1, 0.15) is 12.1 Å². The molecule has 0 bridgehead atoms. The SMILES string of the molecule is CCN(CC)[C@@H]1CC(C(=O)OCc2ccccc2)=C[C@H](c2nc3ccccc3o2)C1. The molecule has 2 atom stereocenters. The Morgan fingerprint density at radius 1 is 1.10 bits per heavy atom. The predicted molar refractivity (Wildman–Crippen MR) is 117 cm³/mol.